The normalized spacial score (nSPS) is 9.82. The molecule has 1 aromatic rings. The number of hydrogen-bond donors (Lipinski definition) is 1. The van der Waals surface area contributed by atoms with Gasteiger partial charge in [-0.1, -0.05) is 11.6 Å². The number of halogens is 3. The minimum atomic E-state index is -0.683. The van der Waals surface area contributed by atoms with Crippen molar-refractivity contribution in [2.45, 2.75) is 0 Å². The van der Waals surface area contributed by atoms with E-state index in [0.717, 1.165) is 12.1 Å². The van der Waals surface area contributed by atoms with Crippen LogP contribution in [0.1, 0.15) is 0 Å². The Balaban J connectivity index is 3.25. The van der Waals surface area contributed by atoms with E-state index in [2.05, 4.69) is 5.32 Å². The van der Waals surface area contributed by atoms with E-state index in [1.807, 2.05) is 0 Å². The van der Waals surface area contributed by atoms with Gasteiger partial charge in [-0.3, -0.25) is 0 Å². The van der Waals surface area contributed by atoms with E-state index in [0.29, 0.717) is 0 Å². The van der Waals surface area contributed by atoms with E-state index < -0.39 is 11.6 Å². The Morgan fingerprint density at radius 1 is 1.36 bits per heavy atom. The van der Waals surface area contributed by atoms with Crippen LogP contribution in [0.2, 0.25) is 5.02 Å². The molecule has 0 aliphatic rings. The van der Waals surface area contributed by atoms with Crippen molar-refractivity contribution in [3.63, 3.8) is 0 Å². The Kier molecular flexibility index (Phi) is 2.29. The van der Waals surface area contributed by atoms with Crippen molar-refractivity contribution in [2.24, 2.45) is 0 Å². The second-order valence-electron chi connectivity index (χ2n) is 1.99. The van der Waals surface area contributed by atoms with Crippen LogP contribution in [0.5, 0.6) is 0 Å². The smallest absolute Gasteiger partial charge is 0.150 e. The van der Waals surface area contributed by atoms with Crippen molar-refractivity contribution in [2.75, 3.05) is 12.4 Å². The Bertz CT molecular complexity index is 252. The van der Waals surface area contributed by atoms with Gasteiger partial charge in [0.2, 0.25) is 0 Å². The van der Waals surface area contributed by atoms with Gasteiger partial charge in [0, 0.05) is 13.1 Å². The first kappa shape index (κ1) is 8.27. The van der Waals surface area contributed by atoms with E-state index in [1.165, 1.54) is 7.05 Å². The van der Waals surface area contributed by atoms with Gasteiger partial charge in [0.25, 0.3) is 0 Å². The summed E-state index contributed by atoms with van der Waals surface area (Å²) in [7, 11) is 1.52. The zero-order valence-electron chi connectivity index (χ0n) is 5.79. The molecule has 1 rings (SSSR count). The quantitative estimate of drug-likeness (QED) is 0.696. The molecule has 0 aromatic heterocycles. The molecule has 0 unspecified atom stereocenters. The second kappa shape index (κ2) is 3.05. The Morgan fingerprint density at radius 2 is 2.00 bits per heavy atom. The summed E-state index contributed by atoms with van der Waals surface area (Å²) >= 11 is 5.49. The lowest BCUT2D eigenvalue weighted by molar-refractivity contribution is 0.586. The summed E-state index contributed by atoms with van der Waals surface area (Å²) in [5.74, 6) is -1.36. The van der Waals surface area contributed by atoms with Gasteiger partial charge < -0.3 is 5.32 Å². The fourth-order valence-corrected chi connectivity index (χ4v) is 1.07. The van der Waals surface area contributed by atoms with Crippen molar-refractivity contribution in [3.8, 4) is 0 Å². The van der Waals surface area contributed by atoms with Crippen molar-refractivity contribution < 1.29 is 8.78 Å². The first-order valence-electron chi connectivity index (χ1n) is 2.97. The molecular formula is C7H6ClF2N. The molecule has 0 bridgehead atoms. The first-order valence-corrected chi connectivity index (χ1v) is 3.35. The van der Waals surface area contributed by atoms with Gasteiger partial charge in [-0.25, -0.2) is 8.78 Å². The molecule has 0 radical (unpaired) electrons. The SMILES string of the molecule is CNc1c(F)cc(F)cc1Cl. The highest BCUT2D eigenvalue weighted by Crippen LogP contribution is 2.25. The lowest BCUT2D eigenvalue weighted by atomic mass is 10.3. The minimum Gasteiger partial charge on any atom is -0.385 e. The molecule has 11 heavy (non-hydrogen) atoms. The zero-order chi connectivity index (χ0) is 8.43. The van der Waals surface area contributed by atoms with E-state index in [9.17, 15) is 8.78 Å². The van der Waals surface area contributed by atoms with Gasteiger partial charge in [-0.2, -0.15) is 0 Å². The molecule has 0 atom stereocenters. The Morgan fingerprint density at radius 3 is 2.45 bits per heavy atom. The third kappa shape index (κ3) is 1.60. The molecular weight excluding hydrogens is 172 g/mol. The van der Waals surface area contributed by atoms with Crippen LogP contribution in [0.25, 0.3) is 0 Å². The second-order valence-corrected chi connectivity index (χ2v) is 2.40. The third-order valence-corrected chi connectivity index (χ3v) is 1.55. The number of nitrogens with one attached hydrogen (secondary N) is 1. The molecule has 0 aliphatic carbocycles. The van der Waals surface area contributed by atoms with Crippen LogP contribution in [-0.4, -0.2) is 7.05 Å². The van der Waals surface area contributed by atoms with Crippen LogP contribution in [0, 0.1) is 11.6 Å². The largest absolute Gasteiger partial charge is 0.385 e. The lowest BCUT2D eigenvalue weighted by Crippen LogP contribution is -1.94. The molecule has 1 N–H and O–H groups in total. The Hall–Kier alpha value is -0.830. The van der Waals surface area contributed by atoms with E-state index in [-0.39, 0.29) is 10.7 Å². The van der Waals surface area contributed by atoms with Gasteiger partial charge >= 0.3 is 0 Å². The zero-order valence-corrected chi connectivity index (χ0v) is 6.54. The Labute approximate surface area is 68.0 Å². The summed E-state index contributed by atoms with van der Waals surface area (Å²) in [4.78, 5) is 0. The number of benzene rings is 1. The van der Waals surface area contributed by atoms with Crippen molar-refractivity contribution >= 4 is 17.3 Å². The minimum absolute atomic E-state index is 0.0463. The monoisotopic (exact) mass is 177 g/mol. The van der Waals surface area contributed by atoms with Gasteiger partial charge in [-0.15, -0.1) is 0 Å². The van der Waals surface area contributed by atoms with Crippen LogP contribution in [0.4, 0.5) is 14.5 Å². The molecule has 0 fully saturated rings. The average Bonchev–Trinajstić information content (AvgIpc) is 1.85. The number of rotatable bonds is 1. The molecule has 1 aromatic carbocycles. The topological polar surface area (TPSA) is 12.0 Å². The first-order chi connectivity index (χ1) is 5.15. The molecule has 1 nitrogen and oxygen atoms in total. The molecule has 60 valence electrons. The van der Waals surface area contributed by atoms with Gasteiger partial charge in [-0.05, 0) is 6.07 Å². The lowest BCUT2D eigenvalue weighted by Gasteiger charge is -2.03. The van der Waals surface area contributed by atoms with E-state index in [4.69, 9.17) is 11.6 Å². The molecule has 4 heteroatoms. The van der Waals surface area contributed by atoms with Gasteiger partial charge in [0.15, 0.2) is 5.82 Å². The van der Waals surface area contributed by atoms with Crippen LogP contribution in [0.3, 0.4) is 0 Å². The van der Waals surface area contributed by atoms with Gasteiger partial charge in [0.05, 0.1) is 10.7 Å². The number of hydrogen-bond acceptors (Lipinski definition) is 1. The van der Waals surface area contributed by atoms with Crippen LogP contribution >= 0.6 is 11.6 Å². The maximum Gasteiger partial charge on any atom is 0.150 e. The average molecular weight is 178 g/mol. The summed E-state index contributed by atoms with van der Waals surface area (Å²) in [6.07, 6.45) is 0. The molecule has 0 heterocycles. The van der Waals surface area contributed by atoms with Crippen molar-refractivity contribution in [1.29, 1.82) is 0 Å². The predicted molar refractivity (Wildman–Crippen MR) is 40.9 cm³/mol. The number of anilines is 1. The summed E-state index contributed by atoms with van der Waals surface area (Å²) < 4.78 is 25.1. The van der Waals surface area contributed by atoms with E-state index in [1.54, 1.807) is 0 Å². The molecule has 0 aliphatic heterocycles. The highest BCUT2D eigenvalue weighted by molar-refractivity contribution is 6.33. The summed E-state index contributed by atoms with van der Waals surface area (Å²) in [5.41, 5.74) is 0.119. The maximum absolute atomic E-state index is 12.7. The van der Waals surface area contributed by atoms with Crippen LogP contribution in [0.15, 0.2) is 12.1 Å². The summed E-state index contributed by atoms with van der Waals surface area (Å²) in [5, 5.41) is 2.56. The maximum atomic E-state index is 12.7. The third-order valence-electron chi connectivity index (χ3n) is 1.26. The van der Waals surface area contributed by atoms with E-state index >= 15 is 0 Å². The molecule has 0 saturated carbocycles. The van der Waals surface area contributed by atoms with Gasteiger partial charge in [0.1, 0.15) is 5.82 Å². The van der Waals surface area contributed by atoms with Crippen molar-refractivity contribution in [1.82, 2.24) is 0 Å². The van der Waals surface area contributed by atoms with Crippen LogP contribution < -0.4 is 5.32 Å². The molecule has 0 saturated heterocycles. The highest BCUT2D eigenvalue weighted by Gasteiger charge is 2.06. The van der Waals surface area contributed by atoms with Crippen molar-refractivity contribution in [3.05, 3.63) is 28.8 Å². The summed E-state index contributed by atoms with van der Waals surface area (Å²) in [6, 6.07) is 1.83. The predicted octanol–water partition coefficient (Wildman–Crippen LogP) is 2.66. The fraction of sp³-hybridized carbons (Fsp3) is 0.143. The fourth-order valence-electron chi connectivity index (χ4n) is 0.781. The molecule has 0 spiro atoms. The summed E-state index contributed by atoms with van der Waals surface area (Å²) in [6.45, 7) is 0. The molecule has 0 amide bonds. The standard InChI is InChI=1S/C7H6ClF2N/c1-11-7-5(8)2-4(9)3-6(7)10/h2-3,11H,1H3. The van der Waals surface area contributed by atoms with Crippen LogP contribution in [-0.2, 0) is 0 Å². The highest BCUT2D eigenvalue weighted by atomic mass is 35.5.